The molecule has 1 fully saturated rings. The normalized spacial score (nSPS) is 14.9. The lowest BCUT2D eigenvalue weighted by Crippen LogP contribution is -2.20. The maximum atomic E-state index is 2.50. The summed E-state index contributed by atoms with van der Waals surface area (Å²) in [6, 6.07) is 22.6. The fourth-order valence-corrected chi connectivity index (χ4v) is 4.62. The number of aryl methyl sites for hydroxylation is 1. The number of aromatic nitrogens is 2. The maximum Gasteiger partial charge on any atom is 0.292 e. The highest BCUT2D eigenvalue weighted by Crippen LogP contribution is 2.27. The summed E-state index contributed by atoms with van der Waals surface area (Å²) in [6.45, 7) is 4.52. The van der Waals surface area contributed by atoms with Crippen molar-refractivity contribution in [2.45, 2.75) is 19.8 Å². The Morgan fingerprint density at radius 1 is 0.815 bits per heavy atom. The third-order valence-electron chi connectivity index (χ3n) is 6.01. The summed E-state index contributed by atoms with van der Waals surface area (Å²) in [5, 5.41) is 2.57. The van der Waals surface area contributed by atoms with Crippen molar-refractivity contribution in [3.63, 3.8) is 0 Å². The van der Waals surface area contributed by atoms with E-state index in [2.05, 4.69) is 87.5 Å². The van der Waals surface area contributed by atoms with Gasteiger partial charge in [-0.05, 0) is 67.8 Å². The van der Waals surface area contributed by atoms with Crippen molar-refractivity contribution in [3.8, 4) is 0 Å². The van der Waals surface area contributed by atoms with Crippen LogP contribution in [0.1, 0.15) is 18.4 Å². The average Bonchev–Trinajstić information content (AvgIpc) is 3.35. The molecule has 1 aliphatic rings. The van der Waals surface area contributed by atoms with Gasteiger partial charge in [0, 0.05) is 35.6 Å². The highest BCUT2D eigenvalue weighted by atomic mass is 15.1. The van der Waals surface area contributed by atoms with E-state index in [0.29, 0.717) is 0 Å². The molecule has 0 radical (unpaired) electrons. The van der Waals surface area contributed by atoms with Crippen LogP contribution in [-0.2, 0) is 0 Å². The van der Waals surface area contributed by atoms with E-state index in [9.17, 15) is 0 Å². The van der Waals surface area contributed by atoms with Crippen LogP contribution in [0.4, 0.5) is 5.69 Å². The van der Waals surface area contributed by atoms with Crippen LogP contribution < -0.4 is 9.30 Å². The van der Waals surface area contributed by atoms with Crippen LogP contribution in [0.5, 0.6) is 0 Å². The largest absolute Gasteiger partial charge is 0.372 e. The summed E-state index contributed by atoms with van der Waals surface area (Å²) in [4.78, 5) is 2.50. The van der Waals surface area contributed by atoms with Gasteiger partial charge in [-0.3, -0.25) is 0 Å². The standard InChI is InChI=1S/C24H22N3/c1-17-4-5-18-7-11-24-26(23(18)14-17)16-21-8-6-19-15-20(25-12-2-3-13-25)9-10-22(19)27(21)24/h4-11,14-16H,2-3,12-13H2,1H3/q+1. The van der Waals surface area contributed by atoms with Gasteiger partial charge in [0.2, 0.25) is 0 Å². The second kappa shape index (κ2) is 5.46. The van der Waals surface area contributed by atoms with Gasteiger partial charge >= 0.3 is 0 Å². The van der Waals surface area contributed by atoms with Gasteiger partial charge in [0.05, 0.1) is 0 Å². The van der Waals surface area contributed by atoms with Gasteiger partial charge in [0.1, 0.15) is 17.2 Å². The van der Waals surface area contributed by atoms with Crippen LogP contribution in [0, 0.1) is 6.92 Å². The van der Waals surface area contributed by atoms with E-state index in [1.54, 1.807) is 0 Å². The van der Waals surface area contributed by atoms with Gasteiger partial charge in [-0.2, -0.15) is 8.80 Å². The van der Waals surface area contributed by atoms with Gasteiger partial charge in [-0.15, -0.1) is 0 Å². The van der Waals surface area contributed by atoms with Crippen LogP contribution in [0.25, 0.3) is 33.0 Å². The Morgan fingerprint density at radius 2 is 1.63 bits per heavy atom. The highest BCUT2D eigenvalue weighted by molar-refractivity contribution is 5.88. The molecule has 0 unspecified atom stereocenters. The molecule has 2 aromatic carbocycles. The van der Waals surface area contributed by atoms with Crippen LogP contribution in [0.15, 0.2) is 66.9 Å². The number of pyridine rings is 2. The van der Waals surface area contributed by atoms with Crippen molar-refractivity contribution >= 4 is 38.7 Å². The molecule has 0 N–H and O–H groups in total. The van der Waals surface area contributed by atoms with Crippen molar-refractivity contribution in [2.75, 3.05) is 18.0 Å². The third kappa shape index (κ3) is 2.18. The SMILES string of the molecule is Cc1ccc2ccc3n4c(ccc5cc(N6CCCC6)ccc54)c[n+]3c2c1. The second-order valence-corrected chi connectivity index (χ2v) is 7.78. The number of hydrogen-bond acceptors (Lipinski definition) is 1. The monoisotopic (exact) mass is 352 g/mol. The molecule has 3 nitrogen and oxygen atoms in total. The number of imidazole rings is 1. The van der Waals surface area contributed by atoms with Gasteiger partial charge in [-0.25, -0.2) is 0 Å². The molecule has 0 spiro atoms. The summed E-state index contributed by atoms with van der Waals surface area (Å²) in [6.07, 6.45) is 4.87. The predicted molar refractivity (Wildman–Crippen MR) is 112 cm³/mol. The first-order chi connectivity index (χ1) is 13.3. The predicted octanol–water partition coefficient (Wildman–Crippen LogP) is 4.89. The number of hydrogen-bond donors (Lipinski definition) is 0. The number of benzene rings is 2. The van der Waals surface area contributed by atoms with Crippen molar-refractivity contribution in [2.24, 2.45) is 0 Å². The van der Waals surface area contributed by atoms with Crippen LogP contribution in [-0.4, -0.2) is 17.5 Å². The molecular weight excluding hydrogens is 330 g/mol. The Bertz CT molecular complexity index is 1340. The fraction of sp³-hybridized carbons (Fsp3) is 0.208. The van der Waals surface area contributed by atoms with Gasteiger partial charge in [0.25, 0.3) is 5.65 Å². The number of fused-ring (bicyclic) bond motifs is 7. The zero-order valence-corrected chi connectivity index (χ0v) is 15.5. The van der Waals surface area contributed by atoms with Crippen molar-refractivity contribution in [3.05, 3.63) is 72.4 Å². The van der Waals surface area contributed by atoms with Crippen molar-refractivity contribution in [1.82, 2.24) is 4.40 Å². The maximum absolute atomic E-state index is 2.50. The summed E-state index contributed by atoms with van der Waals surface area (Å²) < 4.78 is 4.70. The summed E-state index contributed by atoms with van der Waals surface area (Å²) in [5.74, 6) is 0. The van der Waals surface area contributed by atoms with Crippen molar-refractivity contribution in [1.29, 1.82) is 0 Å². The lowest BCUT2D eigenvalue weighted by Gasteiger charge is -2.17. The molecule has 0 amide bonds. The Labute approximate surface area is 158 Å². The molecule has 0 aliphatic carbocycles. The van der Waals surface area contributed by atoms with Crippen LogP contribution in [0.3, 0.4) is 0 Å². The smallest absolute Gasteiger partial charge is 0.292 e. The Hall–Kier alpha value is -3.07. The van der Waals surface area contributed by atoms with Gasteiger partial charge in [0.15, 0.2) is 5.52 Å². The second-order valence-electron chi connectivity index (χ2n) is 7.78. The number of anilines is 1. The molecular formula is C24H22N3+. The minimum absolute atomic E-state index is 1.18. The molecule has 0 saturated carbocycles. The molecule has 3 heteroatoms. The molecule has 3 aromatic heterocycles. The molecule has 6 rings (SSSR count). The van der Waals surface area contributed by atoms with E-state index < -0.39 is 0 Å². The zero-order chi connectivity index (χ0) is 18.0. The number of nitrogens with zero attached hydrogens (tertiary/aromatic N) is 3. The quantitative estimate of drug-likeness (QED) is 0.391. The highest BCUT2D eigenvalue weighted by Gasteiger charge is 2.18. The first-order valence-corrected chi connectivity index (χ1v) is 9.82. The first kappa shape index (κ1) is 15.0. The van der Waals surface area contributed by atoms with Crippen LogP contribution in [0.2, 0.25) is 0 Å². The molecule has 132 valence electrons. The van der Waals surface area contributed by atoms with E-state index in [1.165, 1.54) is 70.2 Å². The topological polar surface area (TPSA) is 11.8 Å². The van der Waals surface area contributed by atoms with E-state index in [0.717, 1.165) is 0 Å². The third-order valence-corrected chi connectivity index (χ3v) is 6.01. The molecule has 1 saturated heterocycles. The minimum Gasteiger partial charge on any atom is -0.372 e. The Balaban J connectivity index is 1.67. The van der Waals surface area contributed by atoms with Crippen LogP contribution >= 0.6 is 0 Å². The molecule has 0 atom stereocenters. The van der Waals surface area contributed by atoms with E-state index in [1.807, 2.05) is 0 Å². The molecule has 1 aliphatic heterocycles. The van der Waals surface area contributed by atoms with E-state index in [-0.39, 0.29) is 0 Å². The lowest BCUT2D eigenvalue weighted by atomic mass is 10.1. The molecule has 27 heavy (non-hydrogen) atoms. The lowest BCUT2D eigenvalue weighted by molar-refractivity contribution is -0.479. The fourth-order valence-electron chi connectivity index (χ4n) is 4.62. The number of rotatable bonds is 1. The first-order valence-electron chi connectivity index (χ1n) is 9.82. The zero-order valence-electron chi connectivity index (χ0n) is 15.5. The van der Waals surface area contributed by atoms with Gasteiger partial charge in [-0.1, -0.05) is 12.1 Å². The van der Waals surface area contributed by atoms with Gasteiger partial charge < -0.3 is 4.90 Å². The average molecular weight is 352 g/mol. The summed E-state index contributed by atoms with van der Waals surface area (Å²) in [5.41, 5.74) is 7.61. The molecule has 0 bridgehead atoms. The van der Waals surface area contributed by atoms with E-state index in [4.69, 9.17) is 0 Å². The molecule has 5 aromatic rings. The molecule has 4 heterocycles. The summed E-state index contributed by atoms with van der Waals surface area (Å²) >= 11 is 0. The Morgan fingerprint density at radius 3 is 2.52 bits per heavy atom. The summed E-state index contributed by atoms with van der Waals surface area (Å²) in [7, 11) is 0. The minimum atomic E-state index is 1.18. The van der Waals surface area contributed by atoms with Crippen molar-refractivity contribution < 1.29 is 4.40 Å². The van der Waals surface area contributed by atoms with E-state index >= 15 is 0 Å². The Kier molecular flexibility index (Phi) is 3.04.